The highest BCUT2D eigenvalue weighted by Gasteiger charge is 2.26. The van der Waals surface area contributed by atoms with Crippen LogP contribution in [0.25, 0.3) is 11.1 Å². The van der Waals surface area contributed by atoms with Gasteiger partial charge in [0.1, 0.15) is 11.1 Å². The molecule has 1 fully saturated rings. The third kappa shape index (κ3) is 3.74. The van der Waals surface area contributed by atoms with E-state index in [-0.39, 0.29) is 23.0 Å². The second kappa shape index (κ2) is 7.15. The Hall–Kier alpha value is -1.85. The number of nitrogens with two attached hydrogens (primary N) is 1. The molecule has 1 aliphatic heterocycles. The van der Waals surface area contributed by atoms with Crippen molar-refractivity contribution in [1.29, 1.82) is 0 Å². The molecule has 3 rings (SSSR count). The van der Waals surface area contributed by atoms with Crippen molar-refractivity contribution in [1.82, 2.24) is 5.32 Å². The van der Waals surface area contributed by atoms with Gasteiger partial charge in [-0.05, 0) is 47.1 Å². The SMILES string of the molecule is NC[C@@H]1CCS[C@H](c2cccc(-c3ccc(F)cc3)c2)C(=O)N1. The quantitative estimate of drug-likeness (QED) is 0.909. The first-order valence-electron chi connectivity index (χ1n) is 7.65. The van der Waals surface area contributed by atoms with Gasteiger partial charge in [0.05, 0.1) is 0 Å². The van der Waals surface area contributed by atoms with Crippen LogP contribution in [0.1, 0.15) is 17.2 Å². The number of carbonyl (C=O) groups is 1. The van der Waals surface area contributed by atoms with Crippen molar-refractivity contribution in [2.24, 2.45) is 5.73 Å². The van der Waals surface area contributed by atoms with Crippen LogP contribution in [0.15, 0.2) is 48.5 Å². The lowest BCUT2D eigenvalue weighted by atomic mass is 10.0. The smallest absolute Gasteiger partial charge is 0.237 e. The van der Waals surface area contributed by atoms with Crippen LogP contribution in [0.2, 0.25) is 0 Å². The van der Waals surface area contributed by atoms with Gasteiger partial charge < -0.3 is 11.1 Å². The fraction of sp³-hybridized carbons (Fsp3) is 0.278. The van der Waals surface area contributed by atoms with Gasteiger partial charge in [-0.15, -0.1) is 11.8 Å². The molecule has 23 heavy (non-hydrogen) atoms. The molecule has 1 saturated heterocycles. The standard InChI is InChI=1S/C18H19FN2OS/c19-15-6-4-12(5-7-15)13-2-1-3-14(10-13)17-18(22)21-16(11-20)8-9-23-17/h1-7,10,16-17H,8-9,11,20H2,(H,21,22)/t16-,17+/m0/s1. The molecule has 0 radical (unpaired) electrons. The van der Waals surface area contributed by atoms with Crippen molar-refractivity contribution in [3.05, 3.63) is 59.9 Å². The summed E-state index contributed by atoms with van der Waals surface area (Å²) in [6.07, 6.45) is 0.890. The van der Waals surface area contributed by atoms with Crippen LogP contribution in [0.3, 0.4) is 0 Å². The zero-order valence-electron chi connectivity index (χ0n) is 12.7. The average molecular weight is 330 g/mol. The van der Waals surface area contributed by atoms with Crippen LogP contribution in [0.4, 0.5) is 4.39 Å². The van der Waals surface area contributed by atoms with Crippen LogP contribution in [0, 0.1) is 5.82 Å². The number of halogens is 1. The highest BCUT2D eigenvalue weighted by molar-refractivity contribution is 8.00. The predicted octanol–water partition coefficient (Wildman–Crippen LogP) is 3.11. The number of rotatable bonds is 3. The molecule has 0 spiro atoms. The topological polar surface area (TPSA) is 55.1 Å². The zero-order chi connectivity index (χ0) is 16.2. The van der Waals surface area contributed by atoms with Gasteiger partial charge in [-0.3, -0.25) is 4.79 Å². The first kappa shape index (κ1) is 16.0. The Morgan fingerprint density at radius 1 is 1.17 bits per heavy atom. The molecule has 3 nitrogen and oxygen atoms in total. The largest absolute Gasteiger partial charge is 0.351 e. The van der Waals surface area contributed by atoms with Crippen LogP contribution < -0.4 is 11.1 Å². The van der Waals surface area contributed by atoms with Crippen molar-refractivity contribution in [2.45, 2.75) is 17.7 Å². The maximum absolute atomic E-state index is 13.1. The lowest BCUT2D eigenvalue weighted by Crippen LogP contribution is -2.40. The van der Waals surface area contributed by atoms with Crippen LogP contribution in [-0.2, 0) is 4.79 Å². The van der Waals surface area contributed by atoms with Crippen LogP contribution in [-0.4, -0.2) is 24.2 Å². The molecule has 1 amide bonds. The molecule has 3 N–H and O–H groups in total. The molecule has 2 atom stereocenters. The van der Waals surface area contributed by atoms with E-state index < -0.39 is 0 Å². The van der Waals surface area contributed by atoms with E-state index in [1.54, 1.807) is 23.9 Å². The first-order chi connectivity index (χ1) is 11.2. The van der Waals surface area contributed by atoms with Crippen molar-refractivity contribution in [3.63, 3.8) is 0 Å². The second-order valence-electron chi connectivity index (χ2n) is 5.61. The Balaban J connectivity index is 1.87. The summed E-state index contributed by atoms with van der Waals surface area (Å²) in [5, 5.41) is 2.78. The van der Waals surface area contributed by atoms with E-state index in [1.807, 2.05) is 24.3 Å². The molecule has 120 valence electrons. The molecule has 0 aliphatic carbocycles. The summed E-state index contributed by atoms with van der Waals surface area (Å²) < 4.78 is 13.1. The molecule has 0 bridgehead atoms. The number of thioether (sulfide) groups is 1. The molecular formula is C18H19FN2OS. The van der Waals surface area contributed by atoms with E-state index in [1.165, 1.54) is 12.1 Å². The second-order valence-corrected chi connectivity index (χ2v) is 6.83. The molecule has 1 heterocycles. The van der Waals surface area contributed by atoms with E-state index in [4.69, 9.17) is 5.73 Å². The van der Waals surface area contributed by atoms with E-state index in [9.17, 15) is 9.18 Å². The summed E-state index contributed by atoms with van der Waals surface area (Å²) in [6, 6.07) is 14.3. The Morgan fingerprint density at radius 3 is 2.70 bits per heavy atom. The summed E-state index contributed by atoms with van der Waals surface area (Å²) in [6.45, 7) is 0.467. The number of hydrogen-bond acceptors (Lipinski definition) is 3. The lowest BCUT2D eigenvalue weighted by Gasteiger charge is -2.16. The highest BCUT2D eigenvalue weighted by atomic mass is 32.2. The number of carbonyl (C=O) groups excluding carboxylic acids is 1. The van der Waals surface area contributed by atoms with Crippen molar-refractivity contribution >= 4 is 17.7 Å². The molecule has 2 aromatic rings. The van der Waals surface area contributed by atoms with E-state index in [0.29, 0.717) is 6.54 Å². The monoisotopic (exact) mass is 330 g/mol. The van der Waals surface area contributed by atoms with E-state index in [0.717, 1.165) is 28.9 Å². The van der Waals surface area contributed by atoms with Gasteiger partial charge in [0.15, 0.2) is 0 Å². The fourth-order valence-corrected chi connectivity index (χ4v) is 3.92. The Labute approximate surface area is 139 Å². The zero-order valence-corrected chi connectivity index (χ0v) is 13.5. The fourth-order valence-electron chi connectivity index (χ4n) is 2.70. The van der Waals surface area contributed by atoms with Crippen molar-refractivity contribution in [2.75, 3.05) is 12.3 Å². The normalized spacial score (nSPS) is 21.6. The number of benzene rings is 2. The van der Waals surface area contributed by atoms with E-state index in [2.05, 4.69) is 5.32 Å². The first-order valence-corrected chi connectivity index (χ1v) is 8.70. The number of nitrogens with one attached hydrogen (secondary N) is 1. The molecule has 0 unspecified atom stereocenters. The van der Waals surface area contributed by atoms with Gasteiger partial charge in [-0.2, -0.15) is 0 Å². The Kier molecular flexibility index (Phi) is 4.98. The number of amides is 1. The maximum Gasteiger partial charge on any atom is 0.237 e. The Bertz CT molecular complexity index is 690. The summed E-state index contributed by atoms with van der Waals surface area (Å²) >= 11 is 1.64. The van der Waals surface area contributed by atoms with Gasteiger partial charge in [0.2, 0.25) is 5.91 Å². The molecule has 0 aromatic heterocycles. The molecular weight excluding hydrogens is 311 g/mol. The van der Waals surface area contributed by atoms with Crippen LogP contribution in [0.5, 0.6) is 0 Å². The predicted molar refractivity (Wildman–Crippen MR) is 92.6 cm³/mol. The summed E-state index contributed by atoms with van der Waals surface area (Å²) in [5.74, 6) is 0.655. The third-order valence-electron chi connectivity index (χ3n) is 3.99. The van der Waals surface area contributed by atoms with Gasteiger partial charge in [0.25, 0.3) is 0 Å². The highest BCUT2D eigenvalue weighted by Crippen LogP contribution is 2.34. The molecule has 5 heteroatoms. The van der Waals surface area contributed by atoms with Gasteiger partial charge in [-0.1, -0.05) is 30.3 Å². The van der Waals surface area contributed by atoms with Gasteiger partial charge in [-0.25, -0.2) is 4.39 Å². The van der Waals surface area contributed by atoms with Crippen molar-refractivity contribution < 1.29 is 9.18 Å². The van der Waals surface area contributed by atoms with E-state index >= 15 is 0 Å². The summed E-state index contributed by atoms with van der Waals surface area (Å²) in [7, 11) is 0. The Morgan fingerprint density at radius 2 is 1.96 bits per heavy atom. The maximum atomic E-state index is 13.1. The average Bonchev–Trinajstić information content (AvgIpc) is 2.77. The van der Waals surface area contributed by atoms with Crippen LogP contribution >= 0.6 is 11.8 Å². The van der Waals surface area contributed by atoms with Gasteiger partial charge >= 0.3 is 0 Å². The third-order valence-corrected chi connectivity index (χ3v) is 5.28. The minimum Gasteiger partial charge on any atom is -0.351 e. The summed E-state index contributed by atoms with van der Waals surface area (Å²) in [5.41, 5.74) is 8.56. The summed E-state index contributed by atoms with van der Waals surface area (Å²) in [4.78, 5) is 12.4. The number of hydrogen-bond donors (Lipinski definition) is 2. The molecule has 2 aromatic carbocycles. The van der Waals surface area contributed by atoms with Gasteiger partial charge in [0, 0.05) is 12.6 Å². The minimum absolute atomic E-state index is 0.0132. The van der Waals surface area contributed by atoms with Crippen molar-refractivity contribution in [3.8, 4) is 11.1 Å². The minimum atomic E-state index is -0.253. The molecule has 0 saturated carbocycles. The molecule has 1 aliphatic rings. The lowest BCUT2D eigenvalue weighted by molar-refractivity contribution is -0.121.